The Morgan fingerprint density at radius 3 is 2.12 bits per heavy atom. The summed E-state index contributed by atoms with van der Waals surface area (Å²) in [5, 5.41) is 0. The van der Waals surface area contributed by atoms with Crippen molar-refractivity contribution in [1.82, 2.24) is 15.0 Å². The zero-order valence-corrected chi connectivity index (χ0v) is 8.43. The molecule has 0 radical (unpaired) electrons. The van der Waals surface area contributed by atoms with Crippen LogP contribution < -0.4 is 11.4 Å². The van der Waals surface area contributed by atoms with Crippen LogP contribution in [0.4, 0.5) is 0 Å². The number of nitrogens with one attached hydrogen (secondary N) is 1. The van der Waals surface area contributed by atoms with Gasteiger partial charge in [-0.25, -0.2) is 9.59 Å². The molecule has 0 unspecified atom stereocenters. The highest BCUT2D eigenvalue weighted by Crippen LogP contribution is 2.31. The third-order valence-electron chi connectivity index (χ3n) is 2.51. The molecule has 1 heterocycles. The van der Waals surface area contributed by atoms with Gasteiger partial charge in [-0.1, -0.05) is 24.3 Å². The second-order valence-corrected chi connectivity index (χ2v) is 3.53. The number of carbonyl (C=O) groups excluding carboxylic acids is 1. The Balaban J connectivity index is 2.51. The molecule has 0 amide bonds. The van der Waals surface area contributed by atoms with Crippen LogP contribution in [0.3, 0.4) is 0 Å². The van der Waals surface area contributed by atoms with E-state index in [0.717, 1.165) is 0 Å². The lowest BCUT2D eigenvalue weighted by Crippen LogP contribution is -2.18. The Kier molecular flexibility index (Phi) is 1.79. The van der Waals surface area contributed by atoms with E-state index < -0.39 is 11.4 Å². The topological polar surface area (TPSA) is 92.8 Å². The minimum atomic E-state index is -0.870. The molecule has 82 valence electrons. The molecule has 1 N–H and O–H groups in total. The van der Waals surface area contributed by atoms with Crippen LogP contribution in [0, 0.1) is 0 Å². The van der Waals surface area contributed by atoms with Crippen molar-refractivity contribution in [2.75, 3.05) is 0 Å². The van der Waals surface area contributed by atoms with Crippen molar-refractivity contribution < 1.29 is 4.79 Å². The largest absolute Gasteiger partial charge is 0.349 e. The Hall–Kier alpha value is -2.63. The average Bonchev–Trinajstić information content (AvgIpc) is 2.46. The molecule has 1 aliphatic rings. The average molecular weight is 227 g/mol. The van der Waals surface area contributed by atoms with E-state index in [1.807, 2.05) is 4.98 Å². The number of H-pyrrole nitrogens is 1. The molecular formula is C11H5N3O3. The van der Waals surface area contributed by atoms with Crippen molar-refractivity contribution in [3.8, 4) is 11.3 Å². The molecular weight excluding hydrogens is 222 g/mol. The van der Waals surface area contributed by atoms with Gasteiger partial charge in [-0.2, -0.15) is 9.97 Å². The van der Waals surface area contributed by atoms with Crippen LogP contribution in [0.15, 0.2) is 33.9 Å². The SMILES string of the molecule is O=C1c2ccccc2-c2nc(=O)[nH]c(=O)nc21. The summed E-state index contributed by atoms with van der Waals surface area (Å²) in [6, 6.07) is 6.70. The van der Waals surface area contributed by atoms with E-state index in [1.54, 1.807) is 24.3 Å². The van der Waals surface area contributed by atoms with Gasteiger partial charge in [0.25, 0.3) is 0 Å². The monoisotopic (exact) mass is 227 g/mol. The molecule has 0 bridgehead atoms. The summed E-state index contributed by atoms with van der Waals surface area (Å²) in [6.07, 6.45) is 0. The Labute approximate surface area is 94.0 Å². The van der Waals surface area contributed by atoms with Gasteiger partial charge in [0.05, 0.1) is 0 Å². The highest BCUT2D eigenvalue weighted by molar-refractivity contribution is 6.19. The minimum absolute atomic E-state index is 0.0745. The Morgan fingerprint density at radius 2 is 1.41 bits per heavy atom. The lowest BCUT2D eigenvalue weighted by molar-refractivity contribution is 0.103. The van der Waals surface area contributed by atoms with E-state index in [2.05, 4.69) is 9.97 Å². The van der Waals surface area contributed by atoms with Crippen molar-refractivity contribution >= 4 is 5.78 Å². The maximum absolute atomic E-state index is 11.9. The second kappa shape index (κ2) is 3.18. The number of rotatable bonds is 0. The maximum atomic E-state index is 11.9. The quantitative estimate of drug-likeness (QED) is 0.571. The van der Waals surface area contributed by atoms with E-state index in [0.29, 0.717) is 11.1 Å². The number of aromatic nitrogens is 3. The first kappa shape index (κ1) is 9.59. The van der Waals surface area contributed by atoms with Crippen molar-refractivity contribution in [3.05, 3.63) is 56.5 Å². The Bertz CT molecular complexity index is 764. The molecule has 3 rings (SSSR count). The van der Waals surface area contributed by atoms with Crippen LogP contribution in [0.25, 0.3) is 11.3 Å². The first-order valence-corrected chi connectivity index (χ1v) is 4.83. The summed E-state index contributed by atoms with van der Waals surface area (Å²) in [6.45, 7) is 0. The number of fused-ring (bicyclic) bond motifs is 3. The van der Waals surface area contributed by atoms with Gasteiger partial charge in [-0.3, -0.25) is 9.78 Å². The zero-order chi connectivity index (χ0) is 12.0. The van der Waals surface area contributed by atoms with Gasteiger partial charge in [0.15, 0.2) is 0 Å². The van der Waals surface area contributed by atoms with Crippen LogP contribution in [0.1, 0.15) is 16.1 Å². The smallest absolute Gasteiger partial charge is 0.287 e. The van der Waals surface area contributed by atoms with Gasteiger partial charge >= 0.3 is 11.4 Å². The Morgan fingerprint density at radius 1 is 0.824 bits per heavy atom. The van der Waals surface area contributed by atoms with Crippen molar-refractivity contribution in [3.63, 3.8) is 0 Å². The first-order chi connectivity index (χ1) is 8.16. The highest BCUT2D eigenvalue weighted by atomic mass is 16.2. The third kappa shape index (κ3) is 1.31. The molecule has 0 fully saturated rings. The fourth-order valence-electron chi connectivity index (χ4n) is 1.82. The molecule has 6 nitrogen and oxygen atoms in total. The number of hydrogen-bond donors (Lipinski definition) is 1. The maximum Gasteiger partial charge on any atom is 0.349 e. The fraction of sp³-hybridized carbons (Fsp3) is 0. The van der Waals surface area contributed by atoms with Gasteiger partial charge < -0.3 is 0 Å². The minimum Gasteiger partial charge on any atom is -0.287 e. The molecule has 17 heavy (non-hydrogen) atoms. The molecule has 0 atom stereocenters. The summed E-state index contributed by atoms with van der Waals surface area (Å²) >= 11 is 0. The number of hydrogen-bond acceptors (Lipinski definition) is 5. The molecule has 0 saturated heterocycles. The van der Waals surface area contributed by atoms with Crippen LogP contribution in [0.5, 0.6) is 0 Å². The molecule has 6 heteroatoms. The number of benzene rings is 1. The van der Waals surface area contributed by atoms with Gasteiger partial charge in [0, 0.05) is 11.1 Å². The predicted octanol–water partition coefficient (Wildman–Crippen LogP) is -0.264. The van der Waals surface area contributed by atoms with Gasteiger partial charge in [0.2, 0.25) is 5.78 Å². The van der Waals surface area contributed by atoms with Crippen LogP contribution in [0.2, 0.25) is 0 Å². The summed E-state index contributed by atoms with van der Waals surface area (Å²) in [4.78, 5) is 43.5. The van der Waals surface area contributed by atoms with Crippen molar-refractivity contribution in [2.45, 2.75) is 0 Å². The standard InChI is InChI=1S/C11H5N3O3/c15-9-6-4-2-1-3-5(6)7-8(9)13-11(17)14-10(16)12-7/h1-4H,(H,14,16,17). The van der Waals surface area contributed by atoms with E-state index in [4.69, 9.17) is 0 Å². The summed E-state index contributed by atoms with van der Waals surface area (Å²) in [5.41, 5.74) is -0.657. The number of nitrogens with zero attached hydrogens (tertiary/aromatic N) is 2. The van der Waals surface area contributed by atoms with Crippen molar-refractivity contribution in [2.24, 2.45) is 0 Å². The lowest BCUT2D eigenvalue weighted by Gasteiger charge is -1.93. The third-order valence-corrected chi connectivity index (χ3v) is 2.51. The lowest BCUT2D eigenvalue weighted by atomic mass is 10.1. The molecule has 2 aromatic rings. The predicted molar refractivity (Wildman–Crippen MR) is 57.8 cm³/mol. The zero-order valence-electron chi connectivity index (χ0n) is 8.43. The summed E-state index contributed by atoms with van der Waals surface area (Å²) < 4.78 is 0. The summed E-state index contributed by atoms with van der Waals surface area (Å²) in [7, 11) is 0. The number of carbonyl (C=O) groups is 1. The van der Waals surface area contributed by atoms with Gasteiger partial charge in [0.1, 0.15) is 11.4 Å². The molecule has 1 aliphatic carbocycles. The molecule has 1 aromatic heterocycles. The normalized spacial score (nSPS) is 12.1. The van der Waals surface area contributed by atoms with Crippen molar-refractivity contribution in [1.29, 1.82) is 0 Å². The highest BCUT2D eigenvalue weighted by Gasteiger charge is 2.29. The summed E-state index contributed by atoms with van der Waals surface area (Å²) in [5.74, 6) is -0.385. The van der Waals surface area contributed by atoms with Crippen LogP contribution >= 0.6 is 0 Å². The molecule has 0 saturated carbocycles. The molecule has 1 aromatic carbocycles. The number of aromatic amines is 1. The van der Waals surface area contributed by atoms with Gasteiger partial charge in [-0.05, 0) is 0 Å². The van der Waals surface area contributed by atoms with Gasteiger partial charge in [-0.15, -0.1) is 0 Å². The number of ketones is 1. The molecule has 0 spiro atoms. The fourth-order valence-corrected chi connectivity index (χ4v) is 1.82. The van der Waals surface area contributed by atoms with E-state index in [9.17, 15) is 14.4 Å². The van der Waals surface area contributed by atoms with E-state index in [1.165, 1.54) is 0 Å². The first-order valence-electron chi connectivity index (χ1n) is 4.83. The second-order valence-electron chi connectivity index (χ2n) is 3.53. The molecule has 0 aliphatic heterocycles. The van der Waals surface area contributed by atoms with Crippen LogP contribution in [-0.2, 0) is 0 Å². The van der Waals surface area contributed by atoms with E-state index in [-0.39, 0.29) is 17.2 Å². The van der Waals surface area contributed by atoms with Crippen LogP contribution in [-0.4, -0.2) is 20.7 Å². The van der Waals surface area contributed by atoms with E-state index >= 15 is 0 Å².